The lowest BCUT2D eigenvalue weighted by molar-refractivity contribution is -0.135. The fraction of sp³-hybridized carbons (Fsp3) is 0.250. The van der Waals surface area contributed by atoms with E-state index >= 15 is 0 Å². The van der Waals surface area contributed by atoms with Crippen LogP contribution in [0.15, 0.2) is 83.9 Å². The van der Waals surface area contributed by atoms with E-state index in [2.05, 4.69) is 4.98 Å². The SMILES string of the molecule is C[C@H]([C@H](O)c1ccccc1)N(C)C(=O)[C@@H](N)Cc1ccc(OS(=O)(=O)c2ccccc2)cn1. The molecule has 3 aromatic rings. The molecular formula is C24H27N3O5S. The normalized spacial score (nSPS) is 14.2. The van der Waals surface area contributed by atoms with Gasteiger partial charge in [-0.2, -0.15) is 8.42 Å². The van der Waals surface area contributed by atoms with Crippen LogP contribution in [0.2, 0.25) is 0 Å². The summed E-state index contributed by atoms with van der Waals surface area (Å²) < 4.78 is 29.7. The number of nitrogens with two attached hydrogens (primary N) is 1. The van der Waals surface area contributed by atoms with Crippen molar-refractivity contribution in [3.8, 4) is 5.75 Å². The Labute approximate surface area is 193 Å². The first-order valence-electron chi connectivity index (χ1n) is 10.4. The van der Waals surface area contributed by atoms with E-state index in [9.17, 15) is 18.3 Å². The lowest BCUT2D eigenvalue weighted by Crippen LogP contribution is -2.48. The predicted molar refractivity (Wildman–Crippen MR) is 124 cm³/mol. The molecule has 0 aliphatic carbocycles. The number of hydrogen-bond acceptors (Lipinski definition) is 7. The zero-order valence-corrected chi connectivity index (χ0v) is 19.2. The quantitative estimate of drug-likeness (QED) is 0.461. The van der Waals surface area contributed by atoms with Crippen molar-refractivity contribution in [3.05, 3.63) is 90.3 Å². The molecule has 174 valence electrons. The minimum Gasteiger partial charge on any atom is -0.386 e. The summed E-state index contributed by atoms with van der Waals surface area (Å²) >= 11 is 0. The van der Waals surface area contributed by atoms with Gasteiger partial charge >= 0.3 is 10.1 Å². The number of aliphatic hydroxyl groups excluding tert-OH is 1. The number of pyridine rings is 1. The molecule has 0 radical (unpaired) electrons. The molecule has 0 aliphatic heterocycles. The molecule has 9 heteroatoms. The van der Waals surface area contributed by atoms with Gasteiger partial charge in [0.25, 0.3) is 0 Å². The van der Waals surface area contributed by atoms with Crippen LogP contribution < -0.4 is 9.92 Å². The number of likely N-dealkylation sites (N-methyl/N-ethyl adjacent to an activating group) is 1. The Hall–Kier alpha value is -3.27. The minimum absolute atomic E-state index is 0.0385. The number of nitrogens with zero attached hydrogens (tertiary/aromatic N) is 2. The van der Waals surface area contributed by atoms with Gasteiger partial charge in [0, 0.05) is 19.2 Å². The van der Waals surface area contributed by atoms with E-state index in [0.717, 1.165) is 0 Å². The lowest BCUT2D eigenvalue weighted by atomic mass is 10.0. The summed E-state index contributed by atoms with van der Waals surface area (Å²) in [7, 11) is -2.37. The summed E-state index contributed by atoms with van der Waals surface area (Å²) in [5, 5.41) is 10.6. The van der Waals surface area contributed by atoms with Gasteiger partial charge in [-0.05, 0) is 36.8 Å². The molecule has 0 aliphatic rings. The molecule has 0 unspecified atom stereocenters. The molecule has 2 aromatic carbocycles. The van der Waals surface area contributed by atoms with Gasteiger partial charge in [0.15, 0.2) is 5.75 Å². The summed E-state index contributed by atoms with van der Waals surface area (Å²) in [5.74, 6) is -0.287. The number of rotatable bonds is 9. The third kappa shape index (κ3) is 6.16. The van der Waals surface area contributed by atoms with E-state index in [-0.39, 0.29) is 23.0 Å². The van der Waals surface area contributed by atoms with Gasteiger partial charge in [0.2, 0.25) is 5.91 Å². The maximum atomic E-state index is 12.8. The van der Waals surface area contributed by atoms with Crippen LogP contribution in [0, 0.1) is 0 Å². The standard InChI is InChI=1S/C24H27N3O5S/c1-17(23(28)18-9-5-3-6-10-18)27(2)24(29)22(25)15-19-13-14-20(16-26-19)32-33(30,31)21-11-7-4-8-12-21/h3-14,16-17,22-23,28H,15,25H2,1-2H3/t17-,22+,23+/m1/s1. The van der Waals surface area contributed by atoms with Gasteiger partial charge in [-0.3, -0.25) is 9.78 Å². The van der Waals surface area contributed by atoms with Crippen LogP contribution >= 0.6 is 0 Å². The molecule has 1 heterocycles. The summed E-state index contributed by atoms with van der Waals surface area (Å²) in [6.07, 6.45) is 0.565. The molecule has 3 N–H and O–H groups in total. The van der Waals surface area contributed by atoms with Crippen LogP contribution in [0.4, 0.5) is 0 Å². The first-order valence-corrected chi connectivity index (χ1v) is 11.8. The molecule has 0 fully saturated rings. The van der Waals surface area contributed by atoms with Crippen molar-refractivity contribution in [2.75, 3.05) is 7.05 Å². The summed E-state index contributed by atoms with van der Waals surface area (Å²) in [4.78, 5) is 18.4. The molecule has 1 amide bonds. The molecule has 3 rings (SSSR count). The Morgan fingerprint density at radius 2 is 1.67 bits per heavy atom. The highest BCUT2D eigenvalue weighted by atomic mass is 32.2. The second-order valence-corrected chi connectivity index (χ2v) is 9.24. The van der Waals surface area contributed by atoms with Gasteiger partial charge < -0.3 is 19.9 Å². The maximum absolute atomic E-state index is 12.8. The third-order valence-electron chi connectivity index (χ3n) is 5.34. The highest BCUT2D eigenvalue weighted by Crippen LogP contribution is 2.21. The van der Waals surface area contributed by atoms with Crippen molar-refractivity contribution in [1.29, 1.82) is 0 Å². The number of aliphatic hydroxyl groups is 1. The van der Waals surface area contributed by atoms with Crippen molar-refractivity contribution < 1.29 is 22.5 Å². The summed E-state index contributed by atoms with van der Waals surface area (Å²) in [6, 6.07) is 18.5. The number of carbonyl (C=O) groups is 1. The molecule has 1 aromatic heterocycles. The maximum Gasteiger partial charge on any atom is 0.339 e. The number of amides is 1. The first kappa shape index (κ1) is 24.4. The number of aromatic nitrogens is 1. The van der Waals surface area contributed by atoms with Crippen molar-refractivity contribution in [1.82, 2.24) is 9.88 Å². The summed E-state index contributed by atoms with van der Waals surface area (Å²) in [5.41, 5.74) is 7.32. The topological polar surface area (TPSA) is 123 Å². The Bertz CT molecular complexity index is 1160. The number of hydrogen-bond donors (Lipinski definition) is 2. The molecule has 0 saturated heterocycles. The van der Waals surface area contributed by atoms with Crippen LogP contribution in [0.3, 0.4) is 0 Å². The van der Waals surface area contributed by atoms with Gasteiger partial charge in [0.05, 0.1) is 24.4 Å². The third-order valence-corrected chi connectivity index (χ3v) is 6.60. The molecular weight excluding hydrogens is 442 g/mol. The Morgan fingerprint density at radius 1 is 1.06 bits per heavy atom. The fourth-order valence-electron chi connectivity index (χ4n) is 3.26. The monoisotopic (exact) mass is 469 g/mol. The zero-order chi connectivity index (χ0) is 24.0. The van der Waals surface area contributed by atoms with Gasteiger partial charge in [-0.25, -0.2) is 0 Å². The highest BCUT2D eigenvalue weighted by molar-refractivity contribution is 7.87. The van der Waals surface area contributed by atoms with Gasteiger partial charge in [-0.15, -0.1) is 0 Å². The second-order valence-electron chi connectivity index (χ2n) is 7.69. The fourth-order valence-corrected chi connectivity index (χ4v) is 4.20. The van der Waals surface area contributed by atoms with Crippen LogP contribution in [0.1, 0.15) is 24.3 Å². The Morgan fingerprint density at radius 3 is 2.24 bits per heavy atom. The average molecular weight is 470 g/mol. The van der Waals surface area contributed by atoms with Gasteiger partial charge in [0.1, 0.15) is 4.90 Å². The van der Waals surface area contributed by atoms with Gasteiger partial charge in [-0.1, -0.05) is 48.5 Å². The van der Waals surface area contributed by atoms with Crippen LogP contribution in [-0.4, -0.2) is 48.4 Å². The largest absolute Gasteiger partial charge is 0.386 e. The lowest BCUT2D eigenvalue weighted by Gasteiger charge is -2.31. The molecule has 8 nitrogen and oxygen atoms in total. The second kappa shape index (κ2) is 10.6. The molecule has 0 saturated carbocycles. The molecule has 0 spiro atoms. The first-order chi connectivity index (χ1) is 15.7. The van der Waals surface area contributed by atoms with Crippen molar-refractivity contribution >= 4 is 16.0 Å². The molecule has 33 heavy (non-hydrogen) atoms. The van der Waals surface area contributed by atoms with Crippen LogP contribution in [0.25, 0.3) is 0 Å². The van der Waals surface area contributed by atoms with E-state index in [1.54, 1.807) is 50.4 Å². The summed E-state index contributed by atoms with van der Waals surface area (Å²) in [6.45, 7) is 1.75. The van der Waals surface area contributed by atoms with E-state index in [1.165, 1.54) is 29.3 Å². The minimum atomic E-state index is -3.96. The van der Waals surface area contributed by atoms with Crippen molar-refractivity contribution in [3.63, 3.8) is 0 Å². The van der Waals surface area contributed by atoms with E-state index in [4.69, 9.17) is 9.92 Å². The molecule has 0 bridgehead atoms. The predicted octanol–water partition coefficient (Wildman–Crippen LogP) is 2.30. The van der Waals surface area contributed by atoms with E-state index in [0.29, 0.717) is 11.3 Å². The average Bonchev–Trinajstić information content (AvgIpc) is 2.84. The number of carbonyl (C=O) groups excluding carboxylic acids is 1. The Kier molecular flexibility index (Phi) is 7.80. The van der Waals surface area contributed by atoms with E-state index < -0.39 is 28.3 Å². The number of benzene rings is 2. The van der Waals surface area contributed by atoms with Crippen molar-refractivity contribution in [2.45, 2.75) is 36.4 Å². The molecule has 3 atom stereocenters. The smallest absolute Gasteiger partial charge is 0.339 e. The zero-order valence-electron chi connectivity index (χ0n) is 18.4. The van der Waals surface area contributed by atoms with Crippen LogP contribution in [0.5, 0.6) is 5.75 Å². The van der Waals surface area contributed by atoms with E-state index in [1.807, 2.05) is 18.2 Å². The highest BCUT2D eigenvalue weighted by Gasteiger charge is 2.27. The van der Waals surface area contributed by atoms with Crippen LogP contribution in [-0.2, 0) is 21.3 Å². The Balaban J connectivity index is 1.60. The van der Waals surface area contributed by atoms with Crippen molar-refractivity contribution in [2.24, 2.45) is 5.73 Å².